The second-order valence-electron chi connectivity index (χ2n) is 2.66. The molecule has 1 aromatic rings. The molecule has 12 heavy (non-hydrogen) atoms. The van der Waals surface area contributed by atoms with Gasteiger partial charge in [-0.3, -0.25) is 0 Å². The molecule has 0 unspecified atom stereocenters. The lowest BCUT2D eigenvalue weighted by Crippen LogP contribution is -2.41. The zero-order valence-electron chi connectivity index (χ0n) is 6.73. The van der Waals surface area contributed by atoms with Crippen LogP contribution >= 0.6 is 24.8 Å². The Morgan fingerprint density at radius 1 is 1.50 bits per heavy atom. The fourth-order valence-electron chi connectivity index (χ4n) is 1.13. The molecule has 0 bridgehead atoms. The molecule has 2 heterocycles. The smallest absolute Gasteiger partial charge is 0.138 e. The molecule has 2 rings (SSSR count). The highest BCUT2D eigenvalue weighted by Gasteiger charge is 2.22. The number of aryl methyl sites for hydroxylation is 1. The molecule has 1 aliphatic heterocycles. The average molecular weight is 211 g/mol. The van der Waals surface area contributed by atoms with Gasteiger partial charge >= 0.3 is 0 Å². The summed E-state index contributed by atoms with van der Waals surface area (Å²) in [6.07, 6.45) is 1.74. The molecule has 0 spiro atoms. The maximum Gasteiger partial charge on any atom is 0.138 e. The quantitative estimate of drug-likeness (QED) is 0.728. The average Bonchev–Trinajstić information content (AvgIpc) is 2.12. The summed E-state index contributed by atoms with van der Waals surface area (Å²) < 4.78 is 1.98. The highest BCUT2D eigenvalue weighted by atomic mass is 35.5. The molecule has 4 nitrogen and oxygen atoms in total. The van der Waals surface area contributed by atoms with Crippen LogP contribution in [-0.2, 0) is 7.05 Å². The summed E-state index contributed by atoms with van der Waals surface area (Å²) in [7, 11) is 1.98. The van der Waals surface area contributed by atoms with Crippen LogP contribution in [-0.4, -0.2) is 27.9 Å². The van der Waals surface area contributed by atoms with Gasteiger partial charge in [0.15, 0.2) is 0 Å². The van der Waals surface area contributed by atoms with Gasteiger partial charge in [-0.15, -0.1) is 35.0 Å². The summed E-state index contributed by atoms with van der Waals surface area (Å²) in [4.78, 5) is 0. The molecule has 70 valence electrons. The van der Waals surface area contributed by atoms with E-state index < -0.39 is 0 Å². The zero-order chi connectivity index (χ0) is 6.97. The van der Waals surface area contributed by atoms with Crippen molar-refractivity contribution in [1.82, 2.24) is 20.1 Å². The standard InChI is InChI=1S/C6H10N4.2ClH/c1-10-4-8-9-6(10)5-2-7-3-5;;/h4-5,7H,2-3H2,1H3;2*1H. The molecule has 0 saturated carbocycles. The van der Waals surface area contributed by atoms with Gasteiger partial charge in [0.25, 0.3) is 0 Å². The van der Waals surface area contributed by atoms with Crippen molar-refractivity contribution in [1.29, 1.82) is 0 Å². The van der Waals surface area contributed by atoms with Crippen molar-refractivity contribution < 1.29 is 0 Å². The molecular weight excluding hydrogens is 199 g/mol. The summed E-state index contributed by atoms with van der Waals surface area (Å²) in [6, 6.07) is 0. The molecule has 0 atom stereocenters. The Bertz CT molecular complexity index is 233. The number of halogens is 2. The van der Waals surface area contributed by atoms with Crippen molar-refractivity contribution in [3.63, 3.8) is 0 Å². The Labute approximate surface area is 83.6 Å². The molecule has 0 aromatic carbocycles. The minimum absolute atomic E-state index is 0. The summed E-state index contributed by atoms with van der Waals surface area (Å²) in [5.74, 6) is 1.69. The van der Waals surface area contributed by atoms with Gasteiger partial charge in [-0.1, -0.05) is 0 Å². The Kier molecular flexibility index (Phi) is 4.52. The first-order valence-corrected chi connectivity index (χ1v) is 3.42. The lowest BCUT2D eigenvalue weighted by atomic mass is 10.0. The number of aromatic nitrogens is 3. The van der Waals surface area contributed by atoms with E-state index in [1.165, 1.54) is 0 Å². The van der Waals surface area contributed by atoms with Crippen LogP contribution in [0.5, 0.6) is 0 Å². The Morgan fingerprint density at radius 3 is 2.50 bits per heavy atom. The molecule has 1 aliphatic rings. The van der Waals surface area contributed by atoms with E-state index in [9.17, 15) is 0 Å². The number of nitrogens with one attached hydrogen (secondary N) is 1. The van der Waals surface area contributed by atoms with Crippen molar-refractivity contribution in [3.05, 3.63) is 12.2 Å². The molecular formula is C6H12Cl2N4. The predicted octanol–water partition coefficient (Wildman–Crippen LogP) is 0.345. The molecule has 1 saturated heterocycles. The van der Waals surface area contributed by atoms with Gasteiger partial charge in [-0.05, 0) is 0 Å². The molecule has 1 fully saturated rings. The minimum Gasteiger partial charge on any atom is -0.320 e. The largest absolute Gasteiger partial charge is 0.320 e. The van der Waals surface area contributed by atoms with Crippen molar-refractivity contribution in [3.8, 4) is 0 Å². The van der Waals surface area contributed by atoms with Crippen LogP contribution in [0.15, 0.2) is 6.33 Å². The van der Waals surface area contributed by atoms with Gasteiger partial charge < -0.3 is 9.88 Å². The Balaban J connectivity index is 0.000000605. The van der Waals surface area contributed by atoms with Crippen LogP contribution in [0.1, 0.15) is 11.7 Å². The monoisotopic (exact) mass is 210 g/mol. The number of hydrogen-bond acceptors (Lipinski definition) is 3. The molecule has 1 aromatic heterocycles. The second-order valence-corrected chi connectivity index (χ2v) is 2.66. The van der Waals surface area contributed by atoms with E-state index in [0.29, 0.717) is 5.92 Å². The normalized spacial score (nSPS) is 15.8. The second kappa shape index (κ2) is 4.64. The first kappa shape index (κ1) is 11.7. The van der Waals surface area contributed by atoms with Crippen LogP contribution in [0, 0.1) is 0 Å². The van der Waals surface area contributed by atoms with Crippen LogP contribution in [0.4, 0.5) is 0 Å². The third-order valence-electron chi connectivity index (χ3n) is 1.89. The third-order valence-corrected chi connectivity index (χ3v) is 1.89. The lowest BCUT2D eigenvalue weighted by molar-refractivity contribution is 0.420. The van der Waals surface area contributed by atoms with Crippen molar-refractivity contribution in [2.75, 3.05) is 13.1 Å². The van der Waals surface area contributed by atoms with Crippen molar-refractivity contribution >= 4 is 24.8 Å². The van der Waals surface area contributed by atoms with Crippen molar-refractivity contribution in [2.24, 2.45) is 7.05 Å². The van der Waals surface area contributed by atoms with Crippen molar-refractivity contribution in [2.45, 2.75) is 5.92 Å². The van der Waals surface area contributed by atoms with Gasteiger partial charge in [0.1, 0.15) is 12.2 Å². The maximum absolute atomic E-state index is 4.01. The van der Waals surface area contributed by atoms with E-state index in [1.54, 1.807) is 6.33 Å². The lowest BCUT2D eigenvalue weighted by Gasteiger charge is -2.25. The molecule has 0 aliphatic carbocycles. The summed E-state index contributed by atoms with van der Waals surface area (Å²) >= 11 is 0. The van der Waals surface area contributed by atoms with E-state index in [-0.39, 0.29) is 24.8 Å². The van der Waals surface area contributed by atoms with Gasteiger partial charge in [-0.25, -0.2) is 0 Å². The van der Waals surface area contributed by atoms with Gasteiger partial charge in [0.2, 0.25) is 0 Å². The van der Waals surface area contributed by atoms with E-state index in [0.717, 1.165) is 18.9 Å². The molecule has 6 heteroatoms. The molecule has 0 amide bonds. The fraction of sp³-hybridized carbons (Fsp3) is 0.667. The fourth-order valence-corrected chi connectivity index (χ4v) is 1.13. The van der Waals surface area contributed by atoms with E-state index >= 15 is 0 Å². The maximum atomic E-state index is 4.01. The van der Waals surface area contributed by atoms with Gasteiger partial charge in [0, 0.05) is 26.1 Å². The first-order valence-electron chi connectivity index (χ1n) is 3.42. The molecule has 0 radical (unpaired) electrons. The van der Waals surface area contributed by atoms with Crippen LogP contribution in [0.25, 0.3) is 0 Å². The first-order chi connectivity index (χ1) is 4.88. The minimum atomic E-state index is 0. The topological polar surface area (TPSA) is 42.7 Å². The van der Waals surface area contributed by atoms with E-state index in [4.69, 9.17) is 0 Å². The third kappa shape index (κ3) is 1.88. The van der Waals surface area contributed by atoms with Gasteiger partial charge in [-0.2, -0.15) is 0 Å². The highest BCUT2D eigenvalue weighted by molar-refractivity contribution is 5.85. The molecule has 1 N–H and O–H groups in total. The number of hydrogen-bond donors (Lipinski definition) is 1. The Hall–Kier alpha value is -0.320. The van der Waals surface area contributed by atoms with Crippen LogP contribution in [0.2, 0.25) is 0 Å². The highest BCUT2D eigenvalue weighted by Crippen LogP contribution is 2.15. The predicted molar refractivity (Wildman–Crippen MR) is 51.1 cm³/mol. The summed E-state index contributed by atoms with van der Waals surface area (Å²) in [5.41, 5.74) is 0. The summed E-state index contributed by atoms with van der Waals surface area (Å²) in [5, 5.41) is 11.0. The number of nitrogens with zero attached hydrogens (tertiary/aromatic N) is 3. The summed E-state index contributed by atoms with van der Waals surface area (Å²) in [6.45, 7) is 2.10. The van der Waals surface area contributed by atoms with Crippen LogP contribution < -0.4 is 5.32 Å². The van der Waals surface area contributed by atoms with E-state index in [2.05, 4.69) is 15.5 Å². The van der Waals surface area contributed by atoms with E-state index in [1.807, 2.05) is 11.6 Å². The Morgan fingerprint density at radius 2 is 2.17 bits per heavy atom. The SMILES string of the molecule is Cl.Cl.Cn1cnnc1C1CNC1. The van der Waals surface area contributed by atoms with Crippen LogP contribution in [0.3, 0.4) is 0 Å². The zero-order valence-corrected chi connectivity index (χ0v) is 8.36. The van der Waals surface area contributed by atoms with Gasteiger partial charge in [0.05, 0.1) is 0 Å². The number of rotatable bonds is 1.